The number of carboxylic acids is 1. The summed E-state index contributed by atoms with van der Waals surface area (Å²) in [5.74, 6) is -3.26. The minimum Gasteiger partial charge on any atom is -0.477 e. The van der Waals surface area contributed by atoms with Crippen LogP contribution >= 0.6 is 11.3 Å². The van der Waals surface area contributed by atoms with Crippen LogP contribution in [-0.4, -0.2) is 17.0 Å². The molecule has 0 radical (unpaired) electrons. The lowest BCUT2D eigenvalue weighted by atomic mass is 10.1. The maximum atomic E-state index is 14.0. The zero-order chi connectivity index (χ0) is 18.8. The first-order valence-electron chi connectivity index (χ1n) is 7.55. The highest BCUT2D eigenvalue weighted by Gasteiger charge is 2.20. The molecule has 0 fully saturated rings. The summed E-state index contributed by atoms with van der Waals surface area (Å²) in [6.45, 7) is 1.88. The lowest BCUT2D eigenvalue weighted by molar-refractivity contribution is 0.0703. The van der Waals surface area contributed by atoms with Gasteiger partial charge in [-0.05, 0) is 37.3 Å². The van der Waals surface area contributed by atoms with Crippen molar-refractivity contribution in [2.24, 2.45) is 0 Å². The van der Waals surface area contributed by atoms with Crippen LogP contribution < -0.4 is 5.32 Å². The molecule has 0 aliphatic carbocycles. The topological polar surface area (TPSA) is 66.4 Å². The zero-order valence-electron chi connectivity index (χ0n) is 13.5. The summed E-state index contributed by atoms with van der Waals surface area (Å²) in [6.07, 6.45) is 0. The Balaban J connectivity index is 0.00000261. The number of amides is 1. The van der Waals surface area contributed by atoms with E-state index in [1.807, 2.05) is 6.92 Å². The smallest absolute Gasteiger partial charge is 0.348 e. The number of carbonyl (C=O) groups excluding carboxylic acids is 1. The molecule has 140 valence electrons. The maximum Gasteiger partial charge on any atom is 0.348 e. The van der Waals surface area contributed by atoms with Gasteiger partial charge in [-0.1, -0.05) is 25.1 Å². The third-order valence-electron chi connectivity index (χ3n) is 3.68. The largest absolute Gasteiger partial charge is 0.477 e. The van der Waals surface area contributed by atoms with E-state index in [2.05, 4.69) is 5.32 Å². The first-order chi connectivity index (χ1) is 12.3. The van der Waals surface area contributed by atoms with Gasteiger partial charge in [-0.25, -0.2) is 13.6 Å². The average molecular weight is 389 g/mol. The van der Waals surface area contributed by atoms with E-state index in [1.165, 1.54) is 12.1 Å². The summed E-state index contributed by atoms with van der Waals surface area (Å²) in [6, 6.07) is 11.2. The second-order valence-electron chi connectivity index (χ2n) is 5.60. The Morgan fingerprint density at radius 3 is 2.30 bits per heavy atom. The summed E-state index contributed by atoms with van der Waals surface area (Å²) >= 11 is 0.804. The number of nitrogens with one attached hydrogen (secondary N) is 1. The fourth-order valence-electron chi connectivity index (χ4n) is 2.36. The van der Waals surface area contributed by atoms with Gasteiger partial charge in [0, 0.05) is 22.1 Å². The Morgan fingerprint density at radius 1 is 1.04 bits per heavy atom. The van der Waals surface area contributed by atoms with Gasteiger partial charge in [0.25, 0.3) is 5.91 Å². The molecule has 3 aromatic rings. The molecule has 0 saturated heterocycles. The summed E-state index contributed by atoms with van der Waals surface area (Å²) in [7, 11) is 0. The number of thiophene rings is 1. The van der Waals surface area contributed by atoms with Gasteiger partial charge in [-0.15, -0.1) is 11.3 Å². The van der Waals surface area contributed by atoms with E-state index < -0.39 is 23.5 Å². The average Bonchev–Trinajstić information content (AvgIpc) is 2.99. The predicted molar refractivity (Wildman–Crippen MR) is 102 cm³/mol. The highest BCUT2D eigenvalue weighted by molar-refractivity contribution is 7.18. The van der Waals surface area contributed by atoms with Gasteiger partial charge < -0.3 is 10.4 Å². The van der Waals surface area contributed by atoms with Crippen molar-refractivity contribution in [1.29, 1.82) is 0 Å². The number of carboxylic acid groups (broad SMARTS) is 1. The summed E-state index contributed by atoms with van der Waals surface area (Å²) in [5, 5.41) is 11.9. The molecular weight excluding hydrogens is 372 g/mol. The van der Waals surface area contributed by atoms with Gasteiger partial charge >= 0.3 is 5.97 Å². The summed E-state index contributed by atoms with van der Waals surface area (Å²) in [4.78, 5) is 23.9. The molecule has 0 bridgehead atoms. The molecule has 1 heterocycles. The van der Waals surface area contributed by atoms with Gasteiger partial charge in [0.15, 0.2) is 0 Å². The van der Waals surface area contributed by atoms with Crippen molar-refractivity contribution >= 4 is 28.9 Å². The molecule has 4 nitrogen and oxygen atoms in total. The molecule has 1 aromatic heterocycles. The fraction of sp³-hybridized carbons (Fsp3) is 0.100. The lowest BCUT2D eigenvalue weighted by Gasteiger charge is -2.04. The summed E-state index contributed by atoms with van der Waals surface area (Å²) < 4.78 is 27.1. The minimum atomic E-state index is -1.25. The molecule has 27 heavy (non-hydrogen) atoms. The molecule has 0 unspecified atom stereocenters. The van der Waals surface area contributed by atoms with Crippen molar-refractivity contribution in [3.63, 3.8) is 0 Å². The normalized spacial score (nSPS) is 10.2. The standard InChI is InChI=1S/C19H13F2NO3S.CH4/c1-10-2-4-11(5-3-10)18(23)22-15-9-16(26-17(15)19(24)25)13-7-6-12(20)8-14(13)21;/h2-9H,1H3,(H,22,23)(H,24,25);1H4. The van der Waals surface area contributed by atoms with Crippen molar-refractivity contribution in [2.45, 2.75) is 14.4 Å². The van der Waals surface area contributed by atoms with Crippen molar-refractivity contribution < 1.29 is 23.5 Å². The van der Waals surface area contributed by atoms with Crippen LogP contribution in [0.3, 0.4) is 0 Å². The van der Waals surface area contributed by atoms with Crippen LogP contribution in [0.4, 0.5) is 14.5 Å². The van der Waals surface area contributed by atoms with Gasteiger partial charge in [-0.3, -0.25) is 4.79 Å². The minimum absolute atomic E-state index is 0. The summed E-state index contributed by atoms with van der Waals surface area (Å²) in [5.41, 5.74) is 1.48. The SMILES string of the molecule is C.Cc1ccc(C(=O)Nc2cc(-c3ccc(F)cc3F)sc2C(=O)O)cc1. The number of aryl methyl sites for hydroxylation is 1. The second kappa shape index (κ2) is 8.09. The van der Waals surface area contributed by atoms with Crippen LogP contribution in [0.25, 0.3) is 10.4 Å². The molecule has 0 saturated carbocycles. The number of hydrogen-bond acceptors (Lipinski definition) is 3. The van der Waals surface area contributed by atoms with Crippen molar-refractivity contribution in [2.75, 3.05) is 5.32 Å². The highest BCUT2D eigenvalue weighted by atomic mass is 32.1. The maximum absolute atomic E-state index is 14.0. The molecule has 0 atom stereocenters. The molecule has 2 N–H and O–H groups in total. The first-order valence-corrected chi connectivity index (χ1v) is 8.37. The van der Waals surface area contributed by atoms with Gasteiger partial charge in [-0.2, -0.15) is 0 Å². The third kappa shape index (κ3) is 4.38. The number of carbonyl (C=O) groups is 2. The van der Waals surface area contributed by atoms with Crippen molar-refractivity contribution in [3.8, 4) is 10.4 Å². The Bertz CT molecular complexity index is 997. The number of hydrogen-bond donors (Lipinski definition) is 2. The number of benzene rings is 2. The molecule has 1 amide bonds. The van der Waals surface area contributed by atoms with E-state index in [1.54, 1.807) is 24.3 Å². The van der Waals surface area contributed by atoms with Gasteiger partial charge in [0.2, 0.25) is 0 Å². The van der Waals surface area contributed by atoms with E-state index in [9.17, 15) is 23.5 Å². The molecule has 0 spiro atoms. The molecule has 0 aliphatic heterocycles. The molecular formula is C20H17F2NO3S. The monoisotopic (exact) mass is 389 g/mol. The third-order valence-corrected chi connectivity index (χ3v) is 4.84. The number of anilines is 1. The quantitative estimate of drug-likeness (QED) is 0.611. The Kier molecular flexibility index (Phi) is 6.07. The molecule has 3 rings (SSSR count). The van der Waals surface area contributed by atoms with E-state index in [4.69, 9.17) is 0 Å². The van der Waals surface area contributed by atoms with E-state index in [0.29, 0.717) is 5.56 Å². The van der Waals surface area contributed by atoms with Gasteiger partial charge in [0.1, 0.15) is 16.5 Å². The molecule has 2 aromatic carbocycles. The van der Waals surface area contributed by atoms with E-state index in [0.717, 1.165) is 29.0 Å². The second-order valence-corrected chi connectivity index (χ2v) is 6.66. The lowest BCUT2D eigenvalue weighted by Crippen LogP contribution is -2.13. The predicted octanol–water partition coefficient (Wildman–Crippen LogP) is 5.59. The molecule has 7 heteroatoms. The number of rotatable bonds is 4. The Hall–Kier alpha value is -3.06. The Morgan fingerprint density at radius 2 is 1.70 bits per heavy atom. The van der Waals surface area contributed by atoms with Crippen LogP contribution in [0.5, 0.6) is 0 Å². The van der Waals surface area contributed by atoms with Crippen LogP contribution in [0.1, 0.15) is 33.0 Å². The number of halogens is 2. The van der Waals surface area contributed by atoms with Crippen molar-refractivity contribution in [3.05, 3.63) is 76.2 Å². The van der Waals surface area contributed by atoms with Crippen LogP contribution in [-0.2, 0) is 0 Å². The Labute approximate surface area is 159 Å². The number of aromatic carboxylic acids is 1. The van der Waals surface area contributed by atoms with Crippen LogP contribution in [0.15, 0.2) is 48.5 Å². The fourth-order valence-corrected chi connectivity index (χ4v) is 3.34. The highest BCUT2D eigenvalue weighted by Crippen LogP contribution is 2.36. The first kappa shape index (κ1) is 20.3. The van der Waals surface area contributed by atoms with Crippen LogP contribution in [0.2, 0.25) is 0 Å². The van der Waals surface area contributed by atoms with Gasteiger partial charge in [0.05, 0.1) is 5.69 Å². The van der Waals surface area contributed by atoms with Crippen molar-refractivity contribution in [1.82, 2.24) is 0 Å². The van der Waals surface area contributed by atoms with E-state index >= 15 is 0 Å². The zero-order valence-corrected chi connectivity index (χ0v) is 14.4. The molecule has 0 aliphatic rings. The van der Waals surface area contributed by atoms with E-state index in [-0.39, 0.29) is 28.4 Å². The van der Waals surface area contributed by atoms with Crippen LogP contribution in [0, 0.1) is 18.6 Å².